The molecule has 0 unspecified atom stereocenters. The highest BCUT2D eigenvalue weighted by molar-refractivity contribution is 14.0. The fourth-order valence-electron chi connectivity index (χ4n) is 3.15. The van der Waals surface area contributed by atoms with Gasteiger partial charge in [0.2, 0.25) is 0 Å². The maximum atomic E-state index is 5.68. The zero-order valence-corrected chi connectivity index (χ0v) is 19.0. The number of piperidine rings is 1. The second kappa shape index (κ2) is 12.4. The second-order valence-electron chi connectivity index (χ2n) is 7.00. The summed E-state index contributed by atoms with van der Waals surface area (Å²) in [6.07, 6.45) is 3.81. The predicted octanol–water partition coefficient (Wildman–Crippen LogP) is 3.63. The van der Waals surface area contributed by atoms with Gasteiger partial charge in [-0.25, -0.2) is 0 Å². The van der Waals surface area contributed by atoms with Gasteiger partial charge in [-0.1, -0.05) is 19.1 Å². The van der Waals surface area contributed by atoms with Gasteiger partial charge in [0.1, 0.15) is 5.75 Å². The Balaban J connectivity index is 0.00000338. The van der Waals surface area contributed by atoms with Crippen molar-refractivity contribution in [3.8, 4) is 5.75 Å². The number of aliphatic imine (C=N–C) groups is 1. The summed E-state index contributed by atoms with van der Waals surface area (Å²) in [5.41, 5.74) is 1.22. The van der Waals surface area contributed by atoms with Crippen LogP contribution in [0.3, 0.4) is 0 Å². The van der Waals surface area contributed by atoms with E-state index in [9.17, 15) is 0 Å². The molecule has 0 aromatic heterocycles. The van der Waals surface area contributed by atoms with Gasteiger partial charge in [-0.15, -0.1) is 24.0 Å². The summed E-state index contributed by atoms with van der Waals surface area (Å²) in [6, 6.07) is 8.76. The number of nitrogens with one attached hydrogen (secondary N) is 2. The molecule has 6 heteroatoms. The molecule has 0 aliphatic carbocycles. The average molecular weight is 474 g/mol. The molecule has 1 aliphatic rings. The predicted molar refractivity (Wildman–Crippen MR) is 121 cm³/mol. The molecule has 1 saturated heterocycles. The van der Waals surface area contributed by atoms with E-state index in [4.69, 9.17) is 4.74 Å². The van der Waals surface area contributed by atoms with Crippen LogP contribution >= 0.6 is 24.0 Å². The number of guanidine groups is 1. The number of hydrogen-bond donors (Lipinski definition) is 2. The fraction of sp³-hybridized carbons (Fsp3) is 0.650. The third kappa shape index (κ3) is 8.12. The summed E-state index contributed by atoms with van der Waals surface area (Å²) in [4.78, 5) is 6.92. The third-order valence-corrected chi connectivity index (χ3v) is 4.45. The van der Waals surface area contributed by atoms with Crippen molar-refractivity contribution >= 4 is 29.9 Å². The number of ether oxygens (including phenoxy) is 1. The Morgan fingerprint density at radius 1 is 1.23 bits per heavy atom. The Hall–Kier alpha value is -1.02. The van der Waals surface area contributed by atoms with Crippen LogP contribution < -0.4 is 15.4 Å². The van der Waals surface area contributed by atoms with E-state index in [2.05, 4.69) is 39.6 Å². The average Bonchev–Trinajstić information content (AvgIpc) is 2.61. The van der Waals surface area contributed by atoms with Crippen LogP contribution in [0.4, 0.5) is 0 Å². The summed E-state index contributed by atoms with van der Waals surface area (Å²) in [5, 5.41) is 6.98. The van der Waals surface area contributed by atoms with Crippen LogP contribution in [0.2, 0.25) is 0 Å². The van der Waals surface area contributed by atoms with E-state index < -0.39 is 0 Å². The number of rotatable bonds is 7. The molecule has 0 atom stereocenters. The van der Waals surface area contributed by atoms with Crippen molar-refractivity contribution in [1.82, 2.24) is 15.5 Å². The van der Waals surface area contributed by atoms with Gasteiger partial charge in [-0.05, 0) is 57.4 Å². The van der Waals surface area contributed by atoms with E-state index in [1.165, 1.54) is 44.5 Å². The molecule has 148 valence electrons. The third-order valence-electron chi connectivity index (χ3n) is 4.45. The summed E-state index contributed by atoms with van der Waals surface area (Å²) >= 11 is 0. The monoisotopic (exact) mass is 474 g/mol. The van der Waals surface area contributed by atoms with Gasteiger partial charge < -0.3 is 20.3 Å². The van der Waals surface area contributed by atoms with Crippen molar-refractivity contribution in [3.05, 3.63) is 29.8 Å². The molecule has 1 aliphatic heterocycles. The summed E-state index contributed by atoms with van der Waals surface area (Å²) in [7, 11) is 1.83. The van der Waals surface area contributed by atoms with Crippen molar-refractivity contribution in [2.24, 2.45) is 4.99 Å². The lowest BCUT2D eigenvalue weighted by Crippen LogP contribution is -2.48. The van der Waals surface area contributed by atoms with Crippen molar-refractivity contribution in [3.63, 3.8) is 0 Å². The molecule has 1 heterocycles. The summed E-state index contributed by atoms with van der Waals surface area (Å²) < 4.78 is 5.68. The minimum Gasteiger partial charge on any atom is -0.491 e. The van der Waals surface area contributed by atoms with Crippen molar-refractivity contribution < 1.29 is 4.74 Å². The quantitative estimate of drug-likeness (QED) is 0.360. The normalized spacial score (nSPS) is 16.3. The molecule has 5 nitrogen and oxygen atoms in total. The second-order valence-corrected chi connectivity index (χ2v) is 7.00. The van der Waals surface area contributed by atoms with E-state index in [1.54, 1.807) is 0 Å². The topological polar surface area (TPSA) is 48.9 Å². The molecule has 0 bridgehead atoms. The summed E-state index contributed by atoms with van der Waals surface area (Å²) in [5.74, 6) is 1.80. The molecule has 0 spiro atoms. The Morgan fingerprint density at radius 3 is 2.42 bits per heavy atom. The first kappa shape index (κ1) is 23.0. The number of benzene rings is 1. The van der Waals surface area contributed by atoms with E-state index in [-0.39, 0.29) is 30.1 Å². The Morgan fingerprint density at radius 2 is 1.88 bits per heavy atom. The Labute approximate surface area is 176 Å². The van der Waals surface area contributed by atoms with Crippen LogP contribution in [0, 0.1) is 0 Å². The first-order valence-corrected chi connectivity index (χ1v) is 9.55. The van der Waals surface area contributed by atoms with Crippen LogP contribution in [0.5, 0.6) is 5.75 Å². The zero-order valence-electron chi connectivity index (χ0n) is 16.6. The maximum absolute atomic E-state index is 5.68. The standard InChI is InChI=1S/C20H34N4O.HI/c1-5-12-24-13-10-18(11-14-24)23-20(21-4)22-15-17-6-8-19(9-7-17)25-16(2)3;/h6-9,16,18H,5,10-15H2,1-4H3,(H2,21,22,23);1H. The molecule has 1 aromatic rings. The molecule has 0 saturated carbocycles. The van der Waals surface area contributed by atoms with Crippen LogP contribution in [-0.4, -0.2) is 49.7 Å². The lowest BCUT2D eigenvalue weighted by atomic mass is 10.1. The number of hydrogen-bond acceptors (Lipinski definition) is 3. The van der Waals surface area contributed by atoms with Gasteiger partial charge in [-0.3, -0.25) is 4.99 Å². The minimum atomic E-state index is 0. The molecular formula is C20H35IN4O. The van der Waals surface area contributed by atoms with Crippen molar-refractivity contribution in [1.29, 1.82) is 0 Å². The highest BCUT2D eigenvalue weighted by Crippen LogP contribution is 2.14. The molecule has 0 amide bonds. The smallest absolute Gasteiger partial charge is 0.191 e. The first-order valence-electron chi connectivity index (χ1n) is 9.55. The number of halogens is 1. The largest absolute Gasteiger partial charge is 0.491 e. The maximum Gasteiger partial charge on any atom is 0.191 e. The molecule has 0 radical (unpaired) electrons. The van der Waals surface area contributed by atoms with Gasteiger partial charge in [0.05, 0.1) is 6.10 Å². The highest BCUT2D eigenvalue weighted by Gasteiger charge is 2.19. The van der Waals surface area contributed by atoms with Gasteiger partial charge in [-0.2, -0.15) is 0 Å². The van der Waals surface area contributed by atoms with Gasteiger partial charge >= 0.3 is 0 Å². The minimum absolute atomic E-state index is 0. The van der Waals surface area contributed by atoms with E-state index >= 15 is 0 Å². The lowest BCUT2D eigenvalue weighted by molar-refractivity contribution is 0.206. The van der Waals surface area contributed by atoms with Crippen LogP contribution in [0.25, 0.3) is 0 Å². The van der Waals surface area contributed by atoms with E-state index in [0.29, 0.717) is 6.04 Å². The fourth-order valence-corrected chi connectivity index (χ4v) is 3.15. The number of nitrogens with zero attached hydrogens (tertiary/aromatic N) is 2. The van der Waals surface area contributed by atoms with Crippen molar-refractivity contribution in [2.75, 3.05) is 26.7 Å². The highest BCUT2D eigenvalue weighted by atomic mass is 127. The summed E-state index contributed by atoms with van der Waals surface area (Å²) in [6.45, 7) is 10.7. The van der Waals surface area contributed by atoms with E-state index in [0.717, 1.165) is 18.3 Å². The Kier molecular flexibility index (Phi) is 11.0. The Bertz CT molecular complexity index is 525. The van der Waals surface area contributed by atoms with E-state index in [1.807, 2.05) is 33.0 Å². The molecule has 1 aromatic carbocycles. The molecular weight excluding hydrogens is 439 g/mol. The van der Waals surface area contributed by atoms with Gasteiger partial charge in [0.15, 0.2) is 5.96 Å². The van der Waals surface area contributed by atoms with Gasteiger partial charge in [0, 0.05) is 32.7 Å². The molecule has 1 fully saturated rings. The van der Waals surface area contributed by atoms with Crippen molar-refractivity contribution in [2.45, 2.75) is 58.7 Å². The van der Waals surface area contributed by atoms with Crippen LogP contribution in [-0.2, 0) is 6.54 Å². The van der Waals surface area contributed by atoms with Crippen LogP contribution in [0.1, 0.15) is 45.6 Å². The molecule has 2 rings (SSSR count). The lowest BCUT2D eigenvalue weighted by Gasteiger charge is -2.32. The SMILES string of the molecule is CCCN1CCC(NC(=NC)NCc2ccc(OC(C)C)cc2)CC1.I. The first-order chi connectivity index (χ1) is 12.1. The number of likely N-dealkylation sites (tertiary alicyclic amines) is 1. The molecule has 2 N–H and O–H groups in total. The molecule has 26 heavy (non-hydrogen) atoms. The van der Waals surface area contributed by atoms with Crippen LogP contribution in [0.15, 0.2) is 29.3 Å². The van der Waals surface area contributed by atoms with Gasteiger partial charge in [0.25, 0.3) is 0 Å². The zero-order chi connectivity index (χ0) is 18.1.